The number of alkyl halides is 2. The lowest BCUT2D eigenvalue weighted by Crippen LogP contribution is -2.39. The summed E-state index contributed by atoms with van der Waals surface area (Å²) in [5.41, 5.74) is 0.572. The van der Waals surface area contributed by atoms with Crippen molar-refractivity contribution >= 4 is 35.3 Å². The first kappa shape index (κ1) is 22.4. The number of carbonyl (C=O) groups excluding carboxylic acids is 3. The van der Waals surface area contributed by atoms with E-state index >= 15 is 0 Å². The van der Waals surface area contributed by atoms with E-state index in [-0.39, 0.29) is 18.7 Å². The monoisotopic (exact) mass is 423 g/mol. The number of esters is 2. The second-order valence-corrected chi connectivity index (χ2v) is 6.66. The molecule has 29 heavy (non-hydrogen) atoms. The van der Waals surface area contributed by atoms with Crippen LogP contribution >= 0.6 is 11.8 Å². The van der Waals surface area contributed by atoms with E-state index in [1.54, 1.807) is 37.3 Å². The number of para-hydroxylation sites is 1. The molecule has 0 bridgehead atoms. The van der Waals surface area contributed by atoms with Crippen LogP contribution in [0.1, 0.15) is 17.3 Å². The quantitative estimate of drug-likeness (QED) is 0.452. The number of benzene rings is 2. The van der Waals surface area contributed by atoms with Crippen molar-refractivity contribution in [2.45, 2.75) is 17.6 Å². The minimum absolute atomic E-state index is 0.119. The number of thioether (sulfide) groups is 1. The van der Waals surface area contributed by atoms with Crippen molar-refractivity contribution in [1.82, 2.24) is 0 Å². The summed E-state index contributed by atoms with van der Waals surface area (Å²) in [4.78, 5) is 38.0. The van der Waals surface area contributed by atoms with E-state index in [0.29, 0.717) is 22.3 Å². The standard InChI is InChI=1S/C20H19F2NO5S/c1-2-27-18(25)12-23(15-6-4-3-5-7-15)17(24)13-28-19(26)14-8-10-16(11-9-14)29-20(21)22/h3-11,20H,2,12-13H2,1H3. The normalized spacial score (nSPS) is 10.5. The number of anilines is 1. The Balaban J connectivity index is 2.01. The Bertz CT molecular complexity index is 831. The van der Waals surface area contributed by atoms with E-state index in [2.05, 4.69) is 0 Å². The maximum atomic E-state index is 12.5. The average molecular weight is 423 g/mol. The Labute approximate surface area is 170 Å². The van der Waals surface area contributed by atoms with Crippen molar-refractivity contribution in [2.24, 2.45) is 0 Å². The highest BCUT2D eigenvalue weighted by molar-refractivity contribution is 7.99. The number of nitrogens with zero attached hydrogens (tertiary/aromatic N) is 1. The number of hydrogen-bond acceptors (Lipinski definition) is 6. The molecule has 2 aromatic carbocycles. The number of hydrogen-bond donors (Lipinski definition) is 0. The molecular formula is C20H19F2NO5S. The molecular weight excluding hydrogens is 404 g/mol. The average Bonchev–Trinajstić information content (AvgIpc) is 2.71. The minimum atomic E-state index is -2.56. The molecule has 0 saturated carbocycles. The van der Waals surface area contributed by atoms with Gasteiger partial charge in [-0.2, -0.15) is 8.78 Å². The van der Waals surface area contributed by atoms with E-state index in [1.807, 2.05) is 0 Å². The van der Waals surface area contributed by atoms with Gasteiger partial charge in [0, 0.05) is 10.6 Å². The van der Waals surface area contributed by atoms with Crippen molar-refractivity contribution in [1.29, 1.82) is 0 Å². The van der Waals surface area contributed by atoms with Gasteiger partial charge in [-0.05, 0) is 43.3 Å². The fourth-order valence-corrected chi connectivity index (χ4v) is 2.83. The van der Waals surface area contributed by atoms with Crippen LogP contribution in [0.3, 0.4) is 0 Å². The Morgan fingerprint density at radius 2 is 1.66 bits per heavy atom. The molecule has 0 radical (unpaired) electrons. The summed E-state index contributed by atoms with van der Waals surface area (Å²) in [5.74, 6) is -4.55. The van der Waals surface area contributed by atoms with Crippen molar-refractivity contribution in [3.63, 3.8) is 0 Å². The van der Waals surface area contributed by atoms with E-state index in [1.165, 1.54) is 24.3 Å². The third-order valence-corrected chi connectivity index (χ3v) is 4.33. The zero-order valence-corrected chi connectivity index (χ0v) is 16.4. The lowest BCUT2D eigenvalue weighted by molar-refractivity contribution is -0.142. The van der Waals surface area contributed by atoms with Crippen molar-refractivity contribution in [2.75, 3.05) is 24.7 Å². The summed E-state index contributed by atoms with van der Waals surface area (Å²) in [6.07, 6.45) is 0. The fraction of sp³-hybridized carbons (Fsp3) is 0.250. The maximum Gasteiger partial charge on any atom is 0.338 e. The molecule has 0 heterocycles. The molecule has 0 aromatic heterocycles. The van der Waals surface area contributed by atoms with Gasteiger partial charge in [0.05, 0.1) is 12.2 Å². The first-order valence-electron chi connectivity index (χ1n) is 8.63. The van der Waals surface area contributed by atoms with Gasteiger partial charge in [-0.15, -0.1) is 0 Å². The molecule has 154 valence electrons. The van der Waals surface area contributed by atoms with Gasteiger partial charge < -0.3 is 9.47 Å². The summed E-state index contributed by atoms with van der Waals surface area (Å²) in [6.45, 7) is 0.901. The van der Waals surface area contributed by atoms with Gasteiger partial charge in [0.1, 0.15) is 6.54 Å². The highest BCUT2D eigenvalue weighted by Crippen LogP contribution is 2.25. The van der Waals surface area contributed by atoms with Crippen LogP contribution in [0.2, 0.25) is 0 Å². The maximum absolute atomic E-state index is 12.5. The summed E-state index contributed by atoms with van der Waals surface area (Å²) < 4.78 is 34.6. The fourth-order valence-electron chi connectivity index (χ4n) is 2.33. The van der Waals surface area contributed by atoms with Crippen LogP contribution in [0.5, 0.6) is 0 Å². The predicted molar refractivity (Wildman–Crippen MR) is 104 cm³/mol. The highest BCUT2D eigenvalue weighted by Gasteiger charge is 2.21. The van der Waals surface area contributed by atoms with Crippen LogP contribution in [0, 0.1) is 0 Å². The molecule has 2 rings (SSSR count). The van der Waals surface area contributed by atoms with Gasteiger partial charge in [-0.25, -0.2) is 4.79 Å². The van der Waals surface area contributed by atoms with E-state index in [9.17, 15) is 23.2 Å². The van der Waals surface area contributed by atoms with Gasteiger partial charge in [0.25, 0.3) is 11.7 Å². The Morgan fingerprint density at radius 1 is 1.00 bits per heavy atom. The van der Waals surface area contributed by atoms with E-state index in [0.717, 1.165) is 4.90 Å². The second-order valence-electron chi connectivity index (χ2n) is 5.60. The predicted octanol–water partition coefficient (Wildman–Crippen LogP) is 3.75. The van der Waals surface area contributed by atoms with Gasteiger partial charge in [0.15, 0.2) is 6.61 Å². The zero-order valence-electron chi connectivity index (χ0n) is 15.5. The number of amides is 1. The topological polar surface area (TPSA) is 72.9 Å². The van der Waals surface area contributed by atoms with Crippen LogP contribution in [0.4, 0.5) is 14.5 Å². The van der Waals surface area contributed by atoms with Crippen LogP contribution in [-0.2, 0) is 19.1 Å². The van der Waals surface area contributed by atoms with Crippen molar-refractivity contribution in [3.8, 4) is 0 Å². The van der Waals surface area contributed by atoms with Crippen LogP contribution in [-0.4, -0.2) is 43.4 Å². The molecule has 2 aromatic rings. The Hall–Kier alpha value is -2.94. The zero-order chi connectivity index (χ0) is 21.2. The molecule has 0 aliphatic carbocycles. The largest absolute Gasteiger partial charge is 0.465 e. The first-order chi connectivity index (χ1) is 13.9. The smallest absolute Gasteiger partial charge is 0.338 e. The molecule has 0 aliphatic rings. The van der Waals surface area contributed by atoms with Crippen molar-refractivity contribution < 1.29 is 32.6 Å². The molecule has 6 nitrogen and oxygen atoms in total. The summed E-state index contributed by atoms with van der Waals surface area (Å²) in [6, 6.07) is 13.8. The van der Waals surface area contributed by atoms with Crippen LogP contribution in [0.25, 0.3) is 0 Å². The molecule has 0 spiro atoms. The van der Waals surface area contributed by atoms with Crippen LogP contribution in [0.15, 0.2) is 59.5 Å². The molecule has 0 aliphatic heterocycles. The van der Waals surface area contributed by atoms with Gasteiger partial charge in [0.2, 0.25) is 0 Å². The number of halogens is 2. The third kappa shape index (κ3) is 7.19. The van der Waals surface area contributed by atoms with E-state index < -0.39 is 30.2 Å². The number of rotatable bonds is 9. The summed E-state index contributed by atoms with van der Waals surface area (Å²) >= 11 is 0.358. The SMILES string of the molecule is CCOC(=O)CN(C(=O)COC(=O)c1ccc(SC(F)F)cc1)c1ccccc1. The highest BCUT2D eigenvalue weighted by atomic mass is 32.2. The molecule has 0 unspecified atom stereocenters. The molecule has 0 atom stereocenters. The van der Waals surface area contributed by atoms with Crippen LogP contribution < -0.4 is 4.90 Å². The van der Waals surface area contributed by atoms with Gasteiger partial charge >= 0.3 is 11.9 Å². The summed E-state index contributed by atoms with van der Waals surface area (Å²) in [5, 5.41) is 0. The Kier molecular flexibility index (Phi) is 8.60. The van der Waals surface area contributed by atoms with E-state index in [4.69, 9.17) is 9.47 Å². The first-order valence-corrected chi connectivity index (χ1v) is 9.51. The molecule has 0 N–H and O–H groups in total. The molecule has 1 amide bonds. The lowest BCUT2D eigenvalue weighted by atomic mass is 10.2. The molecule has 0 fully saturated rings. The molecule has 9 heteroatoms. The second kappa shape index (κ2) is 11.2. The Morgan fingerprint density at radius 3 is 2.24 bits per heavy atom. The number of carbonyl (C=O) groups is 3. The van der Waals surface area contributed by atoms with Crippen molar-refractivity contribution in [3.05, 3.63) is 60.2 Å². The van der Waals surface area contributed by atoms with Gasteiger partial charge in [-0.3, -0.25) is 14.5 Å². The lowest BCUT2D eigenvalue weighted by Gasteiger charge is -2.21. The summed E-state index contributed by atoms with van der Waals surface area (Å²) in [7, 11) is 0. The third-order valence-electron chi connectivity index (χ3n) is 3.60. The minimum Gasteiger partial charge on any atom is -0.465 e. The molecule has 0 saturated heterocycles. The number of ether oxygens (including phenoxy) is 2. The van der Waals surface area contributed by atoms with Gasteiger partial charge in [-0.1, -0.05) is 30.0 Å².